The second kappa shape index (κ2) is 6.29. The Balaban J connectivity index is 2.34. The Hall–Kier alpha value is -1.52. The topological polar surface area (TPSA) is 55.1 Å². The number of primary amides is 1. The first-order valence-electron chi connectivity index (χ1n) is 6.05. The molecule has 104 valence electrons. The lowest BCUT2D eigenvalue weighted by atomic mass is 10.1. The van der Waals surface area contributed by atoms with Crippen LogP contribution >= 0.6 is 27.5 Å². The highest BCUT2D eigenvalue weighted by molar-refractivity contribution is 9.10. The molecule has 0 aromatic heterocycles. The molecule has 0 fully saturated rings. The largest absolute Gasteiger partial charge is 0.370 e. The van der Waals surface area contributed by atoms with Crippen LogP contribution in [0, 0.1) is 6.92 Å². The van der Waals surface area contributed by atoms with Gasteiger partial charge in [-0.3, -0.25) is 4.79 Å². The van der Waals surface area contributed by atoms with E-state index in [1.54, 1.807) is 12.1 Å². The van der Waals surface area contributed by atoms with E-state index in [2.05, 4.69) is 21.2 Å². The molecule has 2 aromatic carbocycles. The molecular weight excluding hydrogens is 340 g/mol. The molecule has 1 amide bonds. The van der Waals surface area contributed by atoms with Crippen molar-refractivity contribution in [2.75, 3.05) is 5.32 Å². The van der Waals surface area contributed by atoms with Crippen molar-refractivity contribution in [1.82, 2.24) is 0 Å². The van der Waals surface area contributed by atoms with Gasteiger partial charge in [-0.15, -0.1) is 0 Å². The summed E-state index contributed by atoms with van der Waals surface area (Å²) in [6.07, 6.45) is 0. The van der Waals surface area contributed by atoms with E-state index in [4.69, 9.17) is 17.3 Å². The Morgan fingerprint density at radius 3 is 2.60 bits per heavy atom. The fraction of sp³-hybridized carbons (Fsp3) is 0.133. The first kappa shape index (κ1) is 14.9. The Bertz CT molecular complexity index is 646. The van der Waals surface area contributed by atoms with Crippen LogP contribution in [0.3, 0.4) is 0 Å². The third-order valence-corrected chi connectivity index (χ3v) is 4.24. The van der Waals surface area contributed by atoms with Gasteiger partial charge in [-0.2, -0.15) is 0 Å². The quantitative estimate of drug-likeness (QED) is 0.871. The monoisotopic (exact) mass is 352 g/mol. The standard InChI is InChI=1S/C15H14BrClN2O/c1-9-4-2-3-5-13(9)19-14(15(18)20)10-6-7-11(16)12(17)8-10/h2-8,14,19H,1H3,(H2,18,20). The molecule has 0 aliphatic heterocycles. The summed E-state index contributed by atoms with van der Waals surface area (Å²) in [5, 5.41) is 3.70. The number of benzene rings is 2. The molecule has 1 unspecified atom stereocenters. The van der Waals surface area contributed by atoms with Gasteiger partial charge in [0.05, 0.1) is 5.02 Å². The summed E-state index contributed by atoms with van der Waals surface area (Å²) < 4.78 is 0.780. The van der Waals surface area contributed by atoms with Gasteiger partial charge in [0, 0.05) is 10.2 Å². The zero-order valence-corrected chi connectivity index (χ0v) is 13.2. The van der Waals surface area contributed by atoms with Crippen molar-refractivity contribution in [2.45, 2.75) is 13.0 Å². The SMILES string of the molecule is Cc1ccccc1NC(C(N)=O)c1ccc(Br)c(Cl)c1. The Morgan fingerprint density at radius 2 is 2.00 bits per heavy atom. The molecule has 0 saturated heterocycles. The number of carbonyl (C=O) groups excluding carboxylic acids is 1. The van der Waals surface area contributed by atoms with Crippen LogP contribution in [0.25, 0.3) is 0 Å². The third-order valence-electron chi connectivity index (χ3n) is 3.01. The summed E-state index contributed by atoms with van der Waals surface area (Å²) in [7, 11) is 0. The minimum atomic E-state index is -0.623. The summed E-state index contributed by atoms with van der Waals surface area (Å²) in [6.45, 7) is 1.97. The second-order valence-electron chi connectivity index (χ2n) is 4.47. The van der Waals surface area contributed by atoms with Gasteiger partial charge in [-0.1, -0.05) is 35.9 Å². The van der Waals surface area contributed by atoms with E-state index in [-0.39, 0.29) is 0 Å². The first-order chi connectivity index (χ1) is 9.49. The lowest BCUT2D eigenvalue weighted by Crippen LogP contribution is -2.28. The lowest BCUT2D eigenvalue weighted by Gasteiger charge is -2.19. The van der Waals surface area contributed by atoms with Crippen LogP contribution in [0.4, 0.5) is 5.69 Å². The average molecular weight is 354 g/mol. The summed E-state index contributed by atoms with van der Waals surface area (Å²) in [6, 6.07) is 12.4. The number of hydrogen-bond acceptors (Lipinski definition) is 2. The molecular formula is C15H14BrClN2O. The zero-order chi connectivity index (χ0) is 14.7. The number of carbonyl (C=O) groups is 1. The van der Waals surface area contributed by atoms with Gasteiger partial charge >= 0.3 is 0 Å². The van der Waals surface area contributed by atoms with Gasteiger partial charge in [0.2, 0.25) is 5.91 Å². The molecule has 0 aliphatic rings. The Morgan fingerprint density at radius 1 is 1.30 bits per heavy atom. The van der Waals surface area contributed by atoms with Crippen LogP contribution < -0.4 is 11.1 Å². The van der Waals surface area contributed by atoms with Crippen molar-refractivity contribution in [3.63, 3.8) is 0 Å². The molecule has 0 spiro atoms. The van der Waals surface area contributed by atoms with Gasteiger partial charge < -0.3 is 11.1 Å². The Kier molecular flexibility index (Phi) is 4.68. The van der Waals surface area contributed by atoms with Crippen LogP contribution in [0.1, 0.15) is 17.2 Å². The Labute approximate surface area is 131 Å². The highest BCUT2D eigenvalue weighted by atomic mass is 79.9. The number of amides is 1. The summed E-state index contributed by atoms with van der Waals surface area (Å²) >= 11 is 9.40. The molecule has 0 radical (unpaired) electrons. The highest BCUT2D eigenvalue weighted by Crippen LogP contribution is 2.28. The van der Waals surface area contributed by atoms with E-state index in [9.17, 15) is 4.79 Å². The smallest absolute Gasteiger partial charge is 0.244 e. The summed E-state index contributed by atoms with van der Waals surface area (Å²) in [5.41, 5.74) is 8.14. The van der Waals surface area contributed by atoms with E-state index in [1.165, 1.54) is 0 Å². The molecule has 0 aliphatic carbocycles. The summed E-state index contributed by atoms with van der Waals surface area (Å²) in [5.74, 6) is -0.452. The molecule has 0 saturated carbocycles. The van der Waals surface area contributed by atoms with E-state index >= 15 is 0 Å². The number of halogens is 2. The average Bonchev–Trinajstić information content (AvgIpc) is 2.41. The molecule has 3 N–H and O–H groups in total. The number of aryl methyl sites for hydroxylation is 1. The van der Waals surface area contributed by atoms with Gasteiger partial charge in [0.1, 0.15) is 6.04 Å². The summed E-state index contributed by atoms with van der Waals surface area (Å²) in [4.78, 5) is 11.7. The first-order valence-corrected chi connectivity index (χ1v) is 7.22. The maximum atomic E-state index is 11.7. The van der Waals surface area contributed by atoms with Crippen LogP contribution in [-0.4, -0.2) is 5.91 Å². The number of nitrogens with one attached hydrogen (secondary N) is 1. The van der Waals surface area contributed by atoms with Crippen molar-refractivity contribution in [1.29, 1.82) is 0 Å². The van der Waals surface area contributed by atoms with Crippen LogP contribution in [0.2, 0.25) is 5.02 Å². The van der Waals surface area contributed by atoms with E-state index < -0.39 is 11.9 Å². The number of rotatable bonds is 4. The molecule has 0 heterocycles. The predicted molar refractivity (Wildman–Crippen MR) is 85.9 cm³/mol. The van der Waals surface area contributed by atoms with Crippen molar-refractivity contribution < 1.29 is 4.79 Å². The van der Waals surface area contributed by atoms with Gasteiger partial charge in [0.25, 0.3) is 0 Å². The van der Waals surface area contributed by atoms with Crippen LogP contribution in [-0.2, 0) is 4.79 Å². The van der Waals surface area contributed by atoms with Gasteiger partial charge in [-0.25, -0.2) is 0 Å². The van der Waals surface area contributed by atoms with Crippen molar-refractivity contribution in [3.8, 4) is 0 Å². The highest BCUT2D eigenvalue weighted by Gasteiger charge is 2.19. The number of hydrogen-bond donors (Lipinski definition) is 2. The molecule has 2 rings (SSSR count). The number of para-hydroxylation sites is 1. The normalized spacial score (nSPS) is 11.9. The fourth-order valence-electron chi connectivity index (χ4n) is 1.90. The minimum Gasteiger partial charge on any atom is -0.370 e. The molecule has 5 heteroatoms. The van der Waals surface area contributed by atoms with Crippen molar-refractivity contribution in [2.24, 2.45) is 5.73 Å². The maximum Gasteiger partial charge on any atom is 0.244 e. The molecule has 2 aromatic rings. The number of anilines is 1. The van der Waals surface area contributed by atoms with Crippen molar-refractivity contribution in [3.05, 3.63) is 63.1 Å². The third kappa shape index (κ3) is 3.32. The van der Waals surface area contributed by atoms with Gasteiger partial charge in [0.15, 0.2) is 0 Å². The van der Waals surface area contributed by atoms with Gasteiger partial charge in [-0.05, 0) is 52.2 Å². The molecule has 20 heavy (non-hydrogen) atoms. The maximum absolute atomic E-state index is 11.7. The van der Waals surface area contributed by atoms with E-state index in [0.29, 0.717) is 5.02 Å². The minimum absolute atomic E-state index is 0.452. The second-order valence-corrected chi connectivity index (χ2v) is 5.73. The predicted octanol–water partition coefficient (Wildman–Crippen LogP) is 4.05. The zero-order valence-electron chi connectivity index (χ0n) is 10.9. The molecule has 0 bridgehead atoms. The molecule has 1 atom stereocenters. The fourth-order valence-corrected chi connectivity index (χ4v) is 2.34. The van der Waals surface area contributed by atoms with Crippen LogP contribution in [0.5, 0.6) is 0 Å². The van der Waals surface area contributed by atoms with Crippen LogP contribution in [0.15, 0.2) is 46.9 Å². The van der Waals surface area contributed by atoms with Crippen molar-refractivity contribution >= 4 is 39.1 Å². The lowest BCUT2D eigenvalue weighted by molar-refractivity contribution is -0.118. The van der Waals surface area contributed by atoms with E-state index in [1.807, 2.05) is 37.3 Å². The molecule has 3 nitrogen and oxygen atoms in total. The van der Waals surface area contributed by atoms with E-state index in [0.717, 1.165) is 21.3 Å². The number of nitrogens with two attached hydrogens (primary N) is 1.